The Bertz CT molecular complexity index is 606. The van der Waals surface area contributed by atoms with Crippen molar-refractivity contribution in [1.29, 1.82) is 0 Å². The number of benzene rings is 1. The maximum absolute atomic E-state index is 12.5. The van der Waals surface area contributed by atoms with Crippen molar-refractivity contribution in [3.05, 3.63) is 35.4 Å². The second-order valence-corrected chi connectivity index (χ2v) is 8.91. The number of hydrogen-bond acceptors (Lipinski definition) is 5. The Morgan fingerprint density at radius 1 is 1.22 bits per heavy atom. The summed E-state index contributed by atoms with van der Waals surface area (Å²) >= 11 is -2.68. The van der Waals surface area contributed by atoms with E-state index in [-0.39, 0.29) is 18.3 Å². The topological polar surface area (TPSA) is 75.7 Å². The van der Waals surface area contributed by atoms with Gasteiger partial charge < -0.3 is 9.29 Å². The molecule has 0 saturated carbocycles. The van der Waals surface area contributed by atoms with Crippen molar-refractivity contribution < 1.29 is 22.5 Å². The highest BCUT2D eigenvalue weighted by Gasteiger charge is 2.30. The second-order valence-electron chi connectivity index (χ2n) is 8.31. The minimum absolute atomic E-state index is 0.112. The molecule has 0 N–H and O–H groups in total. The molecule has 0 radical (unpaired) electrons. The van der Waals surface area contributed by atoms with Gasteiger partial charge in [-0.2, -0.15) is 0 Å². The maximum Gasteiger partial charge on any atom is 0.306 e. The summed E-state index contributed by atoms with van der Waals surface area (Å²) in [5.74, 6) is -0.283. The van der Waals surface area contributed by atoms with E-state index < -0.39 is 23.1 Å². The lowest BCUT2D eigenvalue weighted by Crippen LogP contribution is -2.28. The van der Waals surface area contributed by atoms with Crippen molar-refractivity contribution in [2.24, 2.45) is 11.8 Å². The second kappa shape index (κ2) is 10.9. The van der Waals surface area contributed by atoms with Gasteiger partial charge in [0, 0.05) is 5.92 Å². The molecule has 0 saturated heterocycles. The Morgan fingerprint density at radius 3 is 2.30 bits per heavy atom. The molecule has 0 aliphatic carbocycles. The zero-order valence-corrected chi connectivity index (χ0v) is 18.1. The number of ether oxygens (including phenoxy) is 1. The molecule has 0 aliphatic rings. The first-order chi connectivity index (χ1) is 12.5. The van der Waals surface area contributed by atoms with Gasteiger partial charge in [0.15, 0.2) is 0 Å². The number of aryl methyl sites for hydroxylation is 1. The molecule has 4 unspecified atom stereocenters. The third kappa shape index (κ3) is 9.49. The molecule has 5 nitrogen and oxygen atoms in total. The number of esters is 1. The van der Waals surface area contributed by atoms with E-state index in [1.54, 1.807) is 0 Å². The molecule has 1 aromatic carbocycles. The van der Waals surface area contributed by atoms with Gasteiger partial charge in [0.05, 0.1) is 17.8 Å². The number of rotatable bonds is 10. The number of hydrogen-bond donors (Lipinski definition) is 0. The predicted molar refractivity (Wildman–Crippen MR) is 107 cm³/mol. The van der Waals surface area contributed by atoms with Crippen LogP contribution in [0.1, 0.15) is 77.5 Å². The van der Waals surface area contributed by atoms with Gasteiger partial charge in [0.25, 0.3) is 0 Å². The minimum Gasteiger partial charge on any atom is -0.750 e. The lowest BCUT2D eigenvalue weighted by atomic mass is 9.84. The Hall–Kier alpha value is -1.24. The molecule has 0 aromatic heterocycles. The molecule has 4 atom stereocenters. The summed E-state index contributed by atoms with van der Waals surface area (Å²) in [4.78, 5) is 12.5. The first kappa shape index (κ1) is 23.8. The average molecular weight is 398 g/mol. The molecule has 0 fully saturated rings. The van der Waals surface area contributed by atoms with Crippen LogP contribution in [-0.4, -0.2) is 20.3 Å². The molecule has 27 heavy (non-hydrogen) atoms. The molecular formula is C21H33O5S-. The first-order valence-corrected chi connectivity index (χ1v) is 10.6. The molecule has 154 valence electrons. The van der Waals surface area contributed by atoms with Crippen molar-refractivity contribution in [2.45, 2.75) is 78.9 Å². The van der Waals surface area contributed by atoms with Crippen LogP contribution in [-0.2, 0) is 25.1 Å². The van der Waals surface area contributed by atoms with E-state index in [1.807, 2.05) is 52.0 Å². The fourth-order valence-electron chi connectivity index (χ4n) is 3.29. The van der Waals surface area contributed by atoms with Crippen molar-refractivity contribution in [3.8, 4) is 0 Å². The summed E-state index contributed by atoms with van der Waals surface area (Å²) in [7, 11) is 0. The standard InChI is InChI=1S/C21H34O5S/c1-7-8-16(3)13-18(14-19(22)25-21(4,5)6)20(26-27(23)24)17-11-9-15(2)10-12-17/h9-12,16,18,20H,7-8,13-14H2,1-6H3,(H,23,24)/p-1. The van der Waals surface area contributed by atoms with Crippen LogP contribution in [0.25, 0.3) is 0 Å². The zero-order valence-electron chi connectivity index (χ0n) is 17.3. The molecule has 0 spiro atoms. The summed E-state index contributed by atoms with van der Waals surface area (Å²) < 4.78 is 33.4. The van der Waals surface area contributed by atoms with Gasteiger partial charge in [-0.05, 0) is 45.6 Å². The van der Waals surface area contributed by atoms with Crippen molar-refractivity contribution in [2.75, 3.05) is 0 Å². The summed E-state index contributed by atoms with van der Waals surface area (Å²) in [6.07, 6.45) is 2.12. The molecule has 1 rings (SSSR count). The fourth-order valence-corrected chi connectivity index (χ4v) is 3.72. The summed E-state index contributed by atoms with van der Waals surface area (Å²) in [6, 6.07) is 7.55. The van der Waals surface area contributed by atoms with Crippen LogP contribution in [0.4, 0.5) is 0 Å². The van der Waals surface area contributed by atoms with E-state index in [0.717, 1.165) is 24.0 Å². The van der Waals surface area contributed by atoms with Gasteiger partial charge in [-0.3, -0.25) is 8.98 Å². The highest BCUT2D eigenvalue weighted by molar-refractivity contribution is 7.74. The minimum atomic E-state index is -2.68. The number of carbonyl (C=O) groups excluding carboxylic acids is 1. The zero-order chi connectivity index (χ0) is 20.6. The van der Waals surface area contributed by atoms with E-state index in [9.17, 15) is 13.6 Å². The largest absolute Gasteiger partial charge is 0.750 e. The van der Waals surface area contributed by atoms with E-state index in [0.29, 0.717) is 12.3 Å². The maximum atomic E-state index is 12.5. The van der Waals surface area contributed by atoms with Crippen LogP contribution in [0.5, 0.6) is 0 Å². The molecular weight excluding hydrogens is 364 g/mol. The van der Waals surface area contributed by atoms with E-state index in [4.69, 9.17) is 8.92 Å². The van der Waals surface area contributed by atoms with Gasteiger partial charge in [-0.15, -0.1) is 0 Å². The third-order valence-electron chi connectivity index (χ3n) is 4.35. The Kier molecular flexibility index (Phi) is 9.63. The highest BCUT2D eigenvalue weighted by atomic mass is 32.2. The fraction of sp³-hybridized carbons (Fsp3) is 0.667. The lowest BCUT2D eigenvalue weighted by molar-refractivity contribution is -0.157. The first-order valence-electron chi connectivity index (χ1n) is 9.56. The quantitative estimate of drug-likeness (QED) is 0.409. The van der Waals surface area contributed by atoms with Crippen LogP contribution in [0.2, 0.25) is 0 Å². The molecule has 0 bridgehead atoms. The van der Waals surface area contributed by atoms with E-state index >= 15 is 0 Å². The monoisotopic (exact) mass is 397 g/mol. The van der Waals surface area contributed by atoms with Crippen LogP contribution in [0.15, 0.2) is 24.3 Å². The molecule has 0 amide bonds. The Labute approximate surface area is 166 Å². The van der Waals surface area contributed by atoms with Crippen LogP contribution in [0, 0.1) is 18.8 Å². The summed E-state index contributed by atoms with van der Waals surface area (Å²) in [5.41, 5.74) is 1.24. The van der Waals surface area contributed by atoms with Crippen molar-refractivity contribution in [3.63, 3.8) is 0 Å². The van der Waals surface area contributed by atoms with Crippen LogP contribution in [0.3, 0.4) is 0 Å². The summed E-state index contributed by atoms with van der Waals surface area (Å²) in [5, 5.41) is 0. The number of carbonyl (C=O) groups is 1. The molecule has 0 aliphatic heterocycles. The van der Waals surface area contributed by atoms with Gasteiger partial charge in [-0.25, -0.2) is 4.21 Å². The van der Waals surface area contributed by atoms with Gasteiger partial charge in [0.1, 0.15) is 11.7 Å². The van der Waals surface area contributed by atoms with Gasteiger partial charge in [-0.1, -0.05) is 56.5 Å². The van der Waals surface area contributed by atoms with Crippen molar-refractivity contribution in [1.82, 2.24) is 0 Å². The molecule has 6 heteroatoms. The van der Waals surface area contributed by atoms with Gasteiger partial charge in [0.2, 0.25) is 0 Å². The average Bonchev–Trinajstić information content (AvgIpc) is 2.51. The smallest absolute Gasteiger partial charge is 0.306 e. The highest BCUT2D eigenvalue weighted by Crippen LogP contribution is 2.35. The van der Waals surface area contributed by atoms with Crippen LogP contribution >= 0.6 is 0 Å². The summed E-state index contributed by atoms with van der Waals surface area (Å²) in [6.45, 7) is 11.7. The normalized spacial score (nSPS) is 16.4. The van der Waals surface area contributed by atoms with E-state index in [2.05, 4.69) is 13.8 Å². The Balaban J connectivity index is 3.13. The van der Waals surface area contributed by atoms with Gasteiger partial charge >= 0.3 is 5.97 Å². The lowest BCUT2D eigenvalue weighted by Gasteiger charge is -2.30. The third-order valence-corrected chi connectivity index (χ3v) is 4.72. The van der Waals surface area contributed by atoms with Crippen LogP contribution < -0.4 is 0 Å². The SMILES string of the molecule is CCCC(C)CC(CC(=O)OC(C)(C)C)C(OS(=O)[O-])c1ccc(C)cc1. The van der Waals surface area contributed by atoms with E-state index in [1.165, 1.54) is 0 Å². The molecule has 0 heterocycles. The predicted octanol–water partition coefficient (Wildman–Crippen LogP) is 5.02. The van der Waals surface area contributed by atoms with Crippen molar-refractivity contribution >= 4 is 17.3 Å². The Morgan fingerprint density at radius 2 is 1.81 bits per heavy atom. The molecule has 1 aromatic rings.